The van der Waals surface area contributed by atoms with Gasteiger partial charge in [0.2, 0.25) is 0 Å². The fourth-order valence-electron chi connectivity index (χ4n) is 1.34. The summed E-state index contributed by atoms with van der Waals surface area (Å²) in [5.74, 6) is -0.00919. The Labute approximate surface area is 109 Å². The van der Waals surface area contributed by atoms with E-state index in [9.17, 15) is 13.2 Å². The SMILES string of the molecule is CC(=O)c1cccc(OS(=O)(=O)c2cccs2)c1. The molecule has 0 saturated carbocycles. The van der Waals surface area contributed by atoms with Crippen molar-refractivity contribution in [3.8, 4) is 5.75 Å². The molecule has 0 radical (unpaired) electrons. The summed E-state index contributed by atoms with van der Waals surface area (Å²) >= 11 is 1.08. The molecule has 0 unspecified atom stereocenters. The number of hydrogen-bond acceptors (Lipinski definition) is 5. The second-order valence-electron chi connectivity index (χ2n) is 3.55. The van der Waals surface area contributed by atoms with Crippen LogP contribution in [0.1, 0.15) is 17.3 Å². The van der Waals surface area contributed by atoms with Crippen LogP contribution in [0.2, 0.25) is 0 Å². The average Bonchev–Trinajstić information content (AvgIpc) is 2.82. The Morgan fingerprint density at radius 1 is 1.22 bits per heavy atom. The third kappa shape index (κ3) is 2.77. The van der Waals surface area contributed by atoms with Crippen molar-refractivity contribution < 1.29 is 17.4 Å². The minimum Gasteiger partial charge on any atom is -0.378 e. The van der Waals surface area contributed by atoms with Crippen molar-refractivity contribution in [3.63, 3.8) is 0 Å². The maximum absolute atomic E-state index is 11.8. The quantitative estimate of drug-likeness (QED) is 0.639. The molecule has 0 aliphatic carbocycles. The Morgan fingerprint density at radius 2 is 2.00 bits per heavy atom. The Hall–Kier alpha value is -1.66. The molecule has 0 aliphatic heterocycles. The second-order valence-corrected chi connectivity index (χ2v) is 6.27. The number of thiophene rings is 1. The molecule has 0 saturated heterocycles. The highest BCUT2D eigenvalue weighted by molar-refractivity contribution is 7.89. The fourth-order valence-corrected chi connectivity index (χ4v) is 3.21. The first-order valence-corrected chi connectivity index (χ1v) is 7.37. The van der Waals surface area contributed by atoms with Crippen LogP contribution in [0.4, 0.5) is 0 Å². The number of Topliss-reactive ketones (excluding diaryl/α,β-unsaturated/α-hetero) is 1. The van der Waals surface area contributed by atoms with Gasteiger partial charge in [-0.15, -0.1) is 11.3 Å². The highest BCUT2D eigenvalue weighted by atomic mass is 32.3. The van der Waals surface area contributed by atoms with E-state index in [1.165, 1.54) is 25.1 Å². The van der Waals surface area contributed by atoms with Gasteiger partial charge in [-0.2, -0.15) is 8.42 Å². The standard InChI is InChI=1S/C12H10O4S2/c1-9(13)10-4-2-5-11(8-10)16-18(14,15)12-6-3-7-17-12/h2-8H,1H3. The predicted octanol–water partition coefficient (Wildman–Crippen LogP) is 2.72. The summed E-state index contributed by atoms with van der Waals surface area (Å²) in [6.07, 6.45) is 0. The third-order valence-electron chi connectivity index (χ3n) is 2.19. The number of carbonyl (C=O) groups excluding carboxylic acids is 1. The lowest BCUT2D eigenvalue weighted by atomic mass is 10.1. The maximum atomic E-state index is 11.8. The molecule has 0 amide bonds. The van der Waals surface area contributed by atoms with Crippen molar-refractivity contribution >= 4 is 27.2 Å². The van der Waals surface area contributed by atoms with Crippen LogP contribution in [0.3, 0.4) is 0 Å². The molecule has 94 valence electrons. The zero-order chi connectivity index (χ0) is 13.2. The van der Waals surface area contributed by atoms with Crippen LogP contribution in [0.5, 0.6) is 5.75 Å². The summed E-state index contributed by atoms with van der Waals surface area (Å²) in [6.45, 7) is 1.41. The highest BCUT2D eigenvalue weighted by Gasteiger charge is 2.17. The van der Waals surface area contributed by atoms with Gasteiger partial charge in [0.1, 0.15) is 5.75 Å². The summed E-state index contributed by atoms with van der Waals surface area (Å²) < 4.78 is 28.8. The van der Waals surface area contributed by atoms with Gasteiger partial charge in [-0.25, -0.2) is 0 Å². The summed E-state index contributed by atoms with van der Waals surface area (Å²) in [7, 11) is -3.81. The normalized spacial score (nSPS) is 11.2. The van der Waals surface area contributed by atoms with Gasteiger partial charge in [0, 0.05) is 5.56 Å². The zero-order valence-electron chi connectivity index (χ0n) is 9.49. The van der Waals surface area contributed by atoms with Gasteiger partial charge in [-0.3, -0.25) is 4.79 Å². The lowest BCUT2D eigenvalue weighted by Crippen LogP contribution is -2.08. The Balaban J connectivity index is 2.30. The number of hydrogen-bond donors (Lipinski definition) is 0. The maximum Gasteiger partial charge on any atom is 0.348 e. The van der Waals surface area contributed by atoms with E-state index in [2.05, 4.69) is 0 Å². The predicted molar refractivity (Wildman–Crippen MR) is 68.6 cm³/mol. The lowest BCUT2D eigenvalue weighted by Gasteiger charge is -2.05. The summed E-state index contributed by atoms with van der Waals surface area (Å²) in [4.78, 5) is 11.2. The van der Waals surface area contributed by atoms with Gasteiger partial charge in [0.25, 0.3) is 0 Å². The molecule has 1 aromatic carbocycles. The van der Waals surface area contributed by atoms with E-state index in [-0.39, 0.29) is 15.7 Å². The molecule has 2 aromatic rings. The van der Waals surface area contributed by atoms with E-state index >= 15 is 0 Å². The van der Waals surface area contributed by atoms with Gasteiger partial charge in [-0.1, -0.05) is 18.2 Å². The topological polar surface area (TPSA) is 60.4 Å². The van der Waals surface area contributed by atoms with Gasteiger partial charge in [-0.05, 0) is 30.5 Å². The number of rotatable bonds is 4. The van der Waals surface area contributed by atoms with Crippen molar-refractivity contribution in [1.82, 2.24) is 0 Å². The molecule has 4 nitrogen and oxygen atoms in total. The number of ketones is 1. The first-order valence-electron chi connectivity index (χ1n) is 5.08. The molecule has 0 atom stereocenters. The third-order valence-corrected chi connectivity index (χ3v) is 4.79. The van der Waals surface area contributed by atoms with E-state index in [0.717, 1.165) is 11.3 Å². The molecule has 0 fully saturated rings. The molecule has 0 N–H and O–H groups in total. The minimum absolute atomic E-state index is 0.135. The molecule has 0 aliphatic rings. The van der Waals surface area contributed by atoms with Crippen molar-refractivity contribution in [2.75, 3.05) is 0 Å². The van der Waals surface area contributed by atoms with Crippen molar-refractivity contribution in [2.45, 2.75) is 11.1 Å². The van der Waals surface area contributed by atoms with Crippen molar-refractivity contribution in [2.24, 2.45) is 0 Å². The molecule has 18 heavy (non-hydrogen) atoms. The van der Waals surface area contributed by atoms with E-state index in [4.69, 9.17) is 4.18 Å². The van der Waals surface area contributed by atoms with Crippen LogP contribution in [-0.2, 0) is 10.1 Å². The molecule has 0 bridgehead atoms. The summed E-state index contributed by atoms with van der Waals surface area (Å²) in [5, 5.41) is 1.65. The van der Waals surface area contributed by atoms with Crippen LogP contribution < -0.4 is 4.18 Å². The smallest absolute Gasteiger partial charge is 0.348 e. The van der Waals surface area contributed by atoms with Gasteiger partial charge >= 0.3 is 10.1 Å². The second kappa shape index (κ2) is 4.91. The number of benzene rings is 1. The van der Waals surface area contributed by atoms with Crippen LogP contribution in [0.25, 0.3) is 0 Å². The molecular formula is C12H10O4S2. The molecule has 6 heteroatoms. The van der Waals surface area contributed by atoms with E-state index < -0.39 is 10.1 Å². The van der Waals surface area contributed by atoms with E-state index in [1.54, 1.807) is 23.6 Å². The highest BCUT2D eigenvalue weighted by Crippen LogP contribution is 2.22. The first kappa shape index (κ1) is 12.8. The van der Waals surface area contributed by atoms with Gasteiger partial charge in [0.15, 0.2) is 9.99 Å². The van der Waals surface area contributed by atoms with Crippen molar-refractivity contribution in [3.05, 3.63) is 47.3 Å². The Bertz CT molecular complexity index is 657. The Morgan fingerprint density at radius 3 is 2.61 bits per heavy atom. The molecule has 0 spiro atoms. The van der Waals surface area contributed by atoms with Crippen molar-refractivity contribution in [1.29, 1.82) is 0 Å². The first-order chi connectivity index (χ1) is 8.49. The fraction of sp³-hybridized carbons (Fsp3) is 0.0833. The van der Waals surface area contributed by atoms with Crippen LogP contribution in [0.15, 0.2) is 46.0 Å². The van der Waals surface area contributed by atoms with Crippen LogP contribution >= 0.6 is 11.3 Å². The molecule has 2 rings (SSSR count). The van der Waals surface area contributed by atoms with Crippen LogP contribution in [0, 0.1) is 0 Å². The summed E-state index contributed by atoms with van der Waals surface area (Å²) in [6, 6.07) is 9.19. The van der Waals surface area contributed by atoms with E-state index in [0.29, 0.717) is 5.56 Å². The molecule has 1 aromatic heterocycles. The number of carbonyl (C=O) groups is 1. The zero-order valence-corrected chi connectivity index (χ0v) is 11.1. The minimum atomic E-state index is -3.81. The van der Waals surface area contributed by atoms with Gasteiger partial charge < -0.3 is 4.18 Å². The lowest BCUT2D eigenvalue weighted by molar-refractivity contribution is 0.101. The van der Waals surface area contributed by atoms with E-state index in [1.807, 2.05) is 0 Å². The molecular weight excluding hydrogens is 272 g/mol. The Kier molecular flexibility index (Phi) is 3.49. The molecule has 1 heterocycles. The monoisotopic (exact) mass is 282 g/mol. The average molecular weight is 282 g/mol. The largest absolute Gasteiger partial charge is 0.378 e. The van der Waals surface area contributed by atoms with Gasteiger partial charge in [0.05, 0.1) is 0 Å². The van der Waals surface area contributed by atoms with Crippen LogP contribution in [-0.4, -0.2) is 14.2 Å². The summed E-state index contributed by atoms with van der Waals surface area (Å²) in [5.41, 5.74) is 0.411.